The summed E-state index contributed by atoms with van der Waals surface area (Å²) < 4.78 is 0. The number of nitrogens with zero attached hydrogens (tertiary/aromatic N) is 1. The zero-order valence-corrected chi connectivity index (χ0v) is 9.51. The van der Waals surface area contributed by atoms with E-state index in [1.807, 2.05) is 4.90 Å². The summed E-state index contributed by atoms with van der Waals surface area (Å²) in [4.78, 5) is 14.2. The van der Waals surface area contributed by atoms with E-state index in [0.717, 1.165) is 25.8 Å². The minimum atomic E-state index is -0.299. The Bertz CT molecular complexity index is 326. The van der Waals surface area contributed by atoms with Crippen molar-refractivity contribution in [1.82, 2.24) is 4.90 Å². The average molecular weight is 221 g/mol. The number of aliphatic hydroxyl groups is 1. The fourth-order valence-electron chi connectivity index (χ4n) is 3.45. The second-order valence-electron chi connectivity index (χ2n) is 5.47. The summed E-state index contributed by atoms with van der Waals surface area (Å²) in [5, 5.41) is 9.60. The monoisotopic (exact) mass is 221 g/mol. The minimum absolute atomic E-state index is 0.209. The van der Waals surface area contributed by atoms with Crippen molar-refractivity contribution in [2.45, 2.75) is 31.8 Å². The molecular weight excluding hydrogens is 202 g/mol. The molecule has 3 rings (SSSR count). The summed E-state index contributed by atoms with van der Waals surface area (Å²) in [5.41, 5.74) is 0. The van der Waals surface area contributed by atoms with E-state index in [4.69, 9.17) is 0 Å². The lowest BCUT2D eigenvalue weighted by Crippen LogP contribution is -2.45. The van der Waals surface area contributed by atoms with Crippen molar-refractivity contribution in [2.24, 2.45) is 17.8 Å². The Kier molecular flexibility index (Phi) is 2.51. The van der Waals surface area contributed by atoms with Gasteiger partial charge in [0.1, 0.15) is 0 Å². The fraction of sp³-hybridized carbons (Fsp3) is 0.769. The zero-order valence-electron chi connectivity index (χ0n) is 9.51. The van der Waals surface area contributed by atoms with Crippen LogP contribution in [-0.4, -0.2) is 35.1 Å². The van der Waals surface area contributed by atoms with Gasteiger partial charge in [-0.15, -0.1) is 0 Å². The lowest BCUT2D eigenvalue weighted by molar-refractivity contribution is -0.139. The quantitative estimate of drug-likeness (QED) is 0.675. The van der Waals surface area contributed by atoms with Crippen LogP contribution in [0.2, 0.25) is 0 Å². The molecule has 0 radical (unpaired) electrons. The third kappa shape index (κ3) is 1.67. The van der Waals surface area contributed by atoms with Crippen LogP contribution in [-0.2, 0) is 4.79 Å². The van der Waals surface area contributed by atoms with Crippen LogP contribution in [0.15, 0.2) is 12.2 Å². The lowest BCUT2D eigenvalue weighted by atomic mass is 9.91. The molecule has 0 aromatic carbocycles. The van der Waals surface area contributed by atoms with Gasteiger partial charge in [-0.3, -0.25) is 4.79 Å². The van der Waals surface area contributed by atoms with Crippen LogP contribution < -0.4 is 0 Å². The third-order valence-corrected chi connectivity index (χ3v) is 4.30. The normalized spacial score (nSPS) is 41.7. The van der Waals surface area contributed by atoms with E-state index in [-0.39, 0.29) is 17.9 Å². The Balaban J connectivity index is 1.66. The van der Waals surface area contributed by atoms with E-state index in [2.05, 4.69) is 12.2 Å². The molecule has 0 spiro atoms. The van der Waals surface area contributed by atoms with E-state index in [9.17, 15) is 9.90 Å². The van der Waals surface area contributed by atoms with E-state index >= 15 is 0 Å². The number of amides is 1. The minimum Gasteiger partial charge on any atom is -0.391 e. The number of carbonyl (C=O) groups excluding carboxylic acids is 1. The van der Waals surface area contributed by atoms with Gasteiger partial charge in [0.2, 0.25) is 5.91 Å². The molecule has 3 nitrogen and oxygen atoms in total. The van der Waals surface area contributed by atoms with Crippen molar-refractivity contribution in [2.75, 3.05) is 13.1 Å². The smallest absolute Gasteiger partial charge is 0.226 e. The van der Waals surface area contributed by atoms with Crippen LogP contribution in [0.5, 0.6) is 0 Å². The molecule has 2 aliphatic carbocycles. The van der Waals surface area contributed by atoms with Crippen LogP contribution in [0.3, 0.4) is 0 Å². The lowest BCUT2D eigenvalue weighted by Gasteiger charge is -2.33. The van der Waals surface area contributed by atoms with Gasteiger partial charge in [-0.2, -0.15) is 0 Å². The number of carbonyl (C=O) groups is 1. The van der Waals surface area contributed by atoms with E-state index in [1.54, 1.807) is 0 Å². The van der Waals surface area contributed by atoms with Crippen LogP contribution in [0, 0.1) is 17.8 Å². The molecule has 88 valence electrons. The van der Waals surface area contributed by atoms with Gasteiger partial charge in [-0.25, -0.2) is 0 Å². The van der Waals surface area contributed by atoms with Crippen molar-refractivity contribution < 1.29 is 9.90 Å². The van der Waals surface area contributed by atoms with Gasteiger partial charge in [0.25, 0.3) is 0 Å². The maximum Gasteiger partial charge on any atom is 0.226 e. The average Bonchev–Trinajstić information content (AvgIpc) is 2.89. The molecule has 1 saturated carbocycles. The Hall–Kier alpha value is -0.830. The van der Waals surface area contributed by atoms with Crippen LogP contribution in [0.4, 0.5) is 0 Å². The van der Waals surface area contributed by atoms with Crippen molar-refractivity contribution in [3.63, 3.8) is 0 Å². The highest BCUT2D eigenvalue weighted by molar-refractivity contribution is 5.80. The molecule has 1 aliphatic heterocycles. The van der Waals surface area contributed by atoms with Gasteiger partial charge < -0.3 is 10.0 Å². The molecule has 0 aromatic rings. The molecule has 16 heavy (non-hydrogen) atoms. The molecule has 3 aliphatic rings. The first-order valence-electron chi connectivity index (χ1n) is 6.39. The van der Waals surface area contributed by atoms with Gasteiger partial charge in [0.15, 0.2) is 0 Å². The highest BCUT2D eigenvalue weighted by Crippen LogP contribution is 2.44. The predicted molar refractivity (Wildman–Crippen MR) is 60.7 cm³/mol. The molecule has 4 unspecified atom stereocenters. The SMILES string of the molecule is O=C(C1CC2C=CC1C2)N1CCCC(O)C1. The van der Waals surface area contributed by atoms with Crippen molar-refractivity contribution in [3.05, 3.63) is 12.2 Å². The summed E-state index contributed by atoms with van der Waals surface area (Å²) in [7, 11) is 0. The van der Waals surface area contributed by atoms with Gasteiger partial charge >= 0.3 is 0 Å². The molecule has 4 atom stereocenters. The molecule has 2 fully saturated rings. The molecule has 1 N–H and O–H groups in total. The number of likely N-dealkylation sites (tertiary alicyclic amines) is 1. The maximum atomic E-state index is 12.3. The number of rotatable bonds is 1. The van der Waals surface area contributed by atoms with Crippen molar-refractivity contribution >= 4 is 5.91 Å². The Morgan fingerprint density at radius 3 is 2.81 bits per heavy atom. The number of piperidine rings is 1. The summed E-state index contributed by atoms with van der Waals surface area (Å²) in [5.74, 6) is 1.63. The van der Waals surface area contributed by atoms with Crippen molar-refractivity contribution in [1.29, 1.82) is 0 Å². The summed E-state index contributed by atoms with van der Waals surface area (Å²) in [6.07, 6.45) is 8.19. The molecular formula is C13H19NO2. The first-order chi connectivity index (χ1) is 7.74. The Morgan fingerprint density at radius 1 is 1.31 bits per heavy atom. The molecule has 1 saturated heterocycles. The van der Waals surface area contributed by atoms with E-state index < -0.39 is 0 Å². The molecule has 0 aromatic heterocycles. The number of fused-ring (bicyclic) bond motifs is 2. The third-order valence-electron chi connectivity index (χ3n) is 4.30. The number of hydrogen-bond donors (Lipinski definition) is 1. The molecule has 1 amide bonds. The van der Waals surface area contributed by atoms with Gasteiger partial charge in [0.05, 0.1) is 6.10 Å². The first-order valence-corrected chi connectivity index (χ1v) is 6.39. The summed E-state index contributed by atoms with van der Waals surface area (Å²) in [6.45, 7) is 1.39. The number of β-amino-alcohol motifs (C(OH)–C–C–N with tert-alkyl or cyclic N) is 1. The van der Waals surface area contributed by atoms with Gasteiger partial charge in [-0.1, -0.05) is 12.2 Å². The number of allylic oxidation sites excluding steroid dienone is 2. The molecule has 3 heteroatoms. The second-order valence-corrected chi connectivity index (χ2v) is 5.47. The van der Waals surface area contributed by atoms with Gasteiger partial charge in [0, 0.05) is 19.0 Å². The predicted octanol–water partition coefficient (Wildman–Crippen LogP) is 1.18. The molecule has 2 bridgehead atoms. The van der Waals surface area contributed by atoms with Crippen LogP contribution in [0.1, 0.15) is 25.7 Å². The Morgan fingerprint density at radius 2 is 2.19 bits per heavy atom. The summed E-state index contributed by atoms with van der Waals surface area (Å²) >= 11 is 0. The first kappa shape index (κ1) is 10.3. The fourth-order valence-corrected chi connectivity index (χ4v) is 3.45. The number of hydrogen-bond acceptors (Lipinski definition) is 2. The topological polar surface area (TPSA) is 40.5 Å². The number of aliphatic hydroxyl groups excluding tert-OH is 1. The standard InChI is InChI=1S/C13H19NO2/c15-11-2-1-5-14(8-11)13(16)12-7-9-3-4-10(12)6-9/h3-4,9-12,15H,1-2,5-8H2. The largest absolute Gasteiger partial charge is 0.391 e. The van der Waals surface area contributed by atoms with E-state index in [1.165, 1.54) is 6.42 Å². The van der Waals surface area contributed by atoms with Crippen molar-refractivity contribution in [3.8, 4) is 0 Å². The molecule has 1 heterocycles. The van der Waals surface area contributed by atoms with Gasteiger partial charge in [-0.05, 0) is 37.5 Å². The Labute approximate surface area is 96.1 Å². The maximum absolute atomic E-state index is 12.3. The van der Waals surface area contributed by atoms with Crippen LogP contribution >= 0.6 is 0 Å². The second kappa shape index (κ2) is 3.88. The highest BCUT2D eigenvalue weighted by atomic mass is 16.3. The summed E-state index contributed by atoms with van der Waals surface area (Å²) in [6, 6.07) is 0. The van der Waals surface area contributed by atoms with E-state index in [0.29, 0.717) is 18.4 Å². The highest BCUT2D eigenvalue weighted by Gasteiger charge is 2.41. The zero-order chi connectivity index (χ0) is 11.1. The van der Waals surface area contributed by atoms with Crippen LogP contribution in [0.25, 0.3) is 0 Å².